The van der Waals surface area contributed by atoms with Gasteiger partial charge >= 0.3 is 0 Å². The van der Waals surface area contributed by atoms with Crippen molar-refractivity contribution < 1.29 is 4.79 Å². The smallest absolute Gasteiger partial charge is 0.228 e. The highest BCUT2D eigenvalue weighted by Gasteiger charge is 2.22. The van der Waals surface area contributed by atoms with E-state index < -0.39 is 0 Å². The lowest BCUT2D eigenvalue weighted by Crippen LogP contribution is -2.41. The van der Waals surface area contributed by atoms with E-state index in [1.165, 1.54) is 0 Å². The molecule has 0 unspecified atom stereocenters. The number of nitrogens with one attached hydrogen (secondary N) is 2. The van der Waals surface area contributed by atoms with Crippen molar-refractivity contribution in [3.8, 4) is 0 Å². The van der Waals surface area contributed by atoms with Crippen molar-refractivity contribution in [2.75, 3.05) is 26.2 Å². The second-order valence-electron chi connectivity index (χ2n) is 5.35. The lowest BCUT2D eigenvalue weighted by atomic mass is 9.96. The summed E-state index contributed by atoms with van der Waals surface area (Å²) >= 11 is 0. The van der Waals surface area contributed by atoms with E-state index in [4.69, 9.17) is 0 Å². The van der Waals surface area contributed by atoms with Crippen molar-refractivity contribution in [2.45, 2.75) is 33.1 Å². The van der Waals surface area contributed by atoms with E-state index in [0.29, 0.717) is 6.42 Å². The molecule has 0 radical (unpaired) electrons. The molecule has 1 aliphatic rings. The predicted octanol–water partition coefficient (Wildman–Crippen LogP) is 1.11. The van der Waals surface area contributed by atoms with Gasteiger partial charge in [0.1, 0.15) is 0 Å². The molecule has 19 heavy (non-hydrogen) atoms. The van der Waals surface area contributed by atoms with Gasteiger partial charge in [0.25, 0.3) is 0 Å². The van der Waals surface area contributed by atoms with Gasteiger partial charge in [-0.1, -0.05) is 6.92 Å². The van der Waals surface area contributed by atoms with Gasteiger partial charge < -0.3 is 10.2 Å². The van der Waals surface area contributed by atoms with E-state index in [9.17, 15) is 4.79 Å². The molecular weight excluding hydrogens is 240 g/mol. The average molecular weight is 264 g/mol. The van der Waals surface area contributed by atoms with E-state index in [1.54, 1.807) is 0 Å². The van der Waals surface area contributed by atoms with E-state index in [1.807, 2.05) is 17.9 Å². The van der Waals surface area contributed by atoms with E-state index in [0.717, 1.165) is 56.3 Å². The first-order chi connectivity index (χ1) is 9.19. The van der Waals surface area contributed by atoms with Crippen LogP contribution in [0.5, 0.6) is 0 Å². The molecule has 0 aromatic carbocycles. The summed E-state index contributed by atoms with van der Waals surface area (Å²) in [6.45, 7) is 7.96. The summed E-state index contributed by atoms with van der Waals surface area (Å²) in [4.78, 5) is 14.1. The summed E-state index contributed by atoms with van der Waals surface area (Å²) < 4.78 is 0. The minimum atomic E-state index is 0.202. The Morgan fingerprint density at radius 1 is 1.53 bits per heavy atom. The maximum absolute atomic E-state index is 12.2. The van der Waals surface area contributed by atoms with E-state index in [2.05, 4.69) is 22.4 Å². The monoisotopic (exact) mass is 264 g/mol. The molecule has 2 rings (SSSR count). The third-order valence-electron chi connectivity index (χ3n) is 3.74. The molecule has 0 bridgehead atoms. The van der Waals surface area contributed by atoms with Crippen LogP contribution in [0.15, 0.2) is 6.07 Å². The molecule has 2 N–H and O–H groups in total. The number of piperidine rings is 1. The standard InChI is InChI=1S/C14H24N4O/c1-3-15-10-12-4-6-18(7-5-12)14(19)9-13-8-11(2)16-17-13/h8,12,15H,3-7,9-10H2,1-2H3,(H,16,17). The van der Waals surface area contributed by atoms with Crippen LogP contribution in [0.2, 0.25) is 0 Å². The van der Waals surface area contributed by atoms with Crippen LogP contribution in [0, 0.1) is 12.8 Å². The molecule has 5 nitrogen and oxygen atoms in total. The molecule has 1 fully saturated rings. The molecule has 1 amide bonds. The van der Waals surface area contributed by atoms with Crippen LogP contribution >= 0.6 is 0 Å². The topological polar surface area (TPSA) is 61.0 Å². The number of hydrogen-bond acceptors (Lipinski definition) is 3. The van der Waals surface area contributed by atoms with Crippen molar-refractivity contribution in [3.05, 3.63) is 17.5 Å². The maximum atomic E-state index is 12.2. The number of likely N-dealkylation sites (tertiary alicyclic amines) is 1. The van der Waals surface area contributed by atoms with Crippen molar-refractivity contribution in [3.63, 3.8) is 0 Å². The third-order valence-corrected chi connectivity index (χ3v) is 3.74. The second-order valence-corrected chi connectivity index (χ2v) is 5.35. The summed E-state index contributed by atoms with van der Waals surface area (Å²) in [6, 6.07) is 1.94. The minimum Gasteiger partial charge on any atom is -0.342 e. The quantitative estimate of drug-likeness (QED) is 0.837. The molecule has 5 heteroatoms. The van der Waals surface area contributed by atoms with Crippen molar-refractivity contribution in [1.82, 2.24) is 20.4 Å². The molecule has 1 saturated heterocycles. The van der Waals surface area contributed by atoms with Gasteiger partial charge in [-0.05, 0) is 44.8 Å². The lowest BCUT2D eigenvalue weighted by molar-refractivity contribution is -0.131. The third kappa shape index (κ3) is 4.06. The average Bonchev–Trinajstić information content (AvgIpc) is 2.82. The Balaban J connectivity index is 1.76. The highest BCUT2D eigenvalue weighted by molar-refractivity contribution is 5.78. The van der Waals surface area contributed by atoms with Gasteiger partial charge in [-0.25, -0.2) is 0 Å². The largest absolute Gasteiger partial charge is 0.342 e. The molecular formula is C14H24N4O. The SMILES string of the molecule is CCNCC1CCN(C(=O)Cc2cc(C)[nH]n2)CC1. The van der Waals surface area contributed by atoms with Crippen LogP contribution in [-0.4, -0.2) is 47.2 Å². The highest BCUT2D eigenvalue weighted by atomic mass is 16.2. The molecule has 0 spiro atoms. The van der Waals surface area contributed by atoms with Gasteiger partial charge in [0.05, 0.1) is 12.1 Å². The zero-order valence-electron chi connectivity index (χ0n) is 11.9. The number of carbonyl (C=O) groups is 1. The van der Waals surface area contributed by atoms with Gasteiger partial charge in [0, 0.05) is 18.8 Å². The van der Waals surface area contributed by atoms with Gasteiger partial charge in [-0.15, -0.1) is 0 Å². The van der Waals surface area contributed by atoms with Crippen LogP contribution < -0.4 is 5.32 Å². The Bertz CT molecular complexity index is 407. The predicted molar refractivity (Wildman–Crippen MR) is 74.9 cm³/mol. The van der Waals surface area contributed by atoms with Crippen molar-refractivity contribution >= 4 is 5.91 Å². The fraction of sp³-hybridized carbons (Fsp3) is 0.714. The number of nitrogens with zero attached hydrogens (tertiary/aromatic N) is 2. The van der Waals surface area contributed by atoms with Crippen LogP contribution in [-0.2, 0) is 11.2 Å². The number of aromatic amines is 1. The molecule has 0 aliphatic carbocycles. The molecule has 0 saturated carbocycles. The fourth-order valence-corrected chi connectivity index (χ4v) is 2.57. The molecule has 2 heterocycles. The Kier molecular flexibility index (Phi) is 4.96. The van der Waals surface area contributed by atoms with Crippen molar-refractivity contribution in [2.24, 2.45) is 5.92 Å². The minimum absolute atomic E-state index is 0.202. The second kappa shape index (κ2) is 6.70. The Morgan fingerprint density at radius 2 is 2.26 bits per heavy atom. The molecule has 1 aromatic heterocycles. The first-order valence-corrected chi connectivity index (χ1v) is 7.18. The van der Waals surface area contributed by atoms with Crippen LogP contribution in [0.25, 0.3) is 0 Å². The normalized spacial score (nSPS) is 16.8. The number of amides is 1. The Labute approximate surface area is 114 Å². The lowest BCUT2D eigenvalue weighted by Gasteiger charge is -2.32. The van der Waals surface area contributed by atoms with E-state index in [-0.39, 0.29) is 5.91 Å². The van der Waals surface area contributed by atoms with Gasteiger partial charge in [0.15, 0.2) is 0 Å². The number of hydrogen-bond donors (Lipinski definition) is 2. The summed E-state index contributed by atoms with van der Waals surface area (Å²) in [5.41, 5.74) is 1.85. The first-order valence-electron chi connectivity index (χ1n) is 7.18. The van der Waals surface area contributed by atoms with Gasteiger partial charge in [-0.2, -0.15) is 5.10 Å². The summed E-state index contributed by atoms with van der Waals surface area (Å²) in [7, 11) is 0. The maximum Gasteiger partial charge on any atom is 0.228 e. The zero-order valence-corrected chi connectivity index (χ0v) is 11.9. The molecule has 106 valence electrons. The fourth-order valence-electron chi connectivity index (χ4n) is 2.57. The number of H-pyrrole nitrogens is 1. The molecule has 1 aliphatic heterocycles. The highest BCUT2D eigenvalue weighted by Crippen LogP contribution is 2.17. The Morgan fingerprint density at radius 3 is 2.84 bits per heavy atom. The Hall–Kier alpha value is -1.36. The number of carbonyl (C=O) groups excluding carboxylic acids is 1. The number of rotatable bonds is 5. The molecule has 0 atom stereocenters. The van der Waals surface area contributed by atoms with Gasteiger partial charge in [-0.3, -0.25) is 9.89 Å². The number of aryl methyl sites for hydroxylation is 1. The van der Waals surface area contributed by atoms with Crippen LogP contribution in [0.1, 0.15) is 31.2 Å². The van der Waals surface area contributed by atoms with Crippen LogP contribution in [0.4, 0.5) is 0 Å². The molecule has 1 aromatic rings. The number of aromatic nitrogens is 2. The summed E-state index contributed by atoms with van der Waals surface area (Å²) in [5.74, 6) is 0.921. The van der Waals surface area contributed by atoms with Gasteiger partial charge in [0.2, 0.25) is 5.91 Å². The zero-order chi connectivity index (χ0) is 13.7. The first kappa shape index (κ1) is 14.1. The summed E-state index contributed by atoms with van der Waals surface area (Å²) in [6.07, 6.45) is 2.64. The van der Waals surface area contributed by atoms with Crippen LogP contribution in [0.3, 0.4) is 0 Å². The van der Waals surface area contributed by atoms with Crippen molar-refractivity contribution in [1.29, 1.82) is 0 Å². The van der Waals surface area contributed by atoms with E-state index >= 15 is 0 Å². The summed E-state index contributed by atoms with van der Waals surface area (Å²) in [5, 5.41) is 10.4.